The SMILES string of the molecule is CC1CN(c2ccc(Cl)c(CNC(C)(C)C)n2)CCS1. The zero-order valence-corrected chi connectivity index (χ0v) is 14.3. The molecule has 20 heavy (non-hydrogen) atoms. The van der Waals surface area contributed by atoms with Crippen molar-refractivity contribution in [3.05, 3.63) is 22.8 Å². The lowest BCUT2D eigenvalue weighted by molar-refractivity contribution is 0.421. The first-order chi connectivity index (χ1) is 9.35. The zero-order valence-electron chi connectivity index (χ0n) is 12.7. The summed E-state index contributed by atoms with van der Waals surface area (Å²) in [5.41, 5.74) is 1.00. The van der Waals surface area contributed by atoms with Crippen LogP contribution in [0.4, 0.5) is 5.82 Å². The highest BCUT2D eigenvalue weighted by Crippen LogP contribution is 2.25. The molecule has 1 saturated heterocycles. The summed E-state index contributed by atoms with van der Waals surface area (Å²) in [6.07, 6.45) is 0. The van der Waals surface area contributed by atoms with Gasteiger partial charge in [-0.3, -0.25) is 0 Å². The summed E-state index contributed by atoms with van der Waals surface area (Å²) in [5, 5.41) is 4.85. The predicted octanol–water partition coefficient (Wildman–Crippen LogP) is 3.56. The Labute approximate surface area is 131 Å². The van der Waals surface area contributed by atoms with Crippen LogP contribution >= 0.6 is 23.4 Å². The number of nitrogens with one attached hydrogen (secondary N) is 1. The first-order valence-electron chi connectivity index (χ1n) is 7.12. The molecule has 0 amide bonds. The molecule has 1 aliphatic heterocycles. The van der Waals surface area contributed by atoms with E-state index in [1.807, 2.05) is 23.9 Å². The summed E-state index contributed by atoms with van der Waals surface area (Å²) in [6, 6.07) is 4.00. The third kappa shape index (κ3) is 4.54. The fourth-order valence-corrected chi connectivity index (χ4v) is 3.33. The van der Waals surface area contributed by atoms with Gasteiger partial charge >= 0.3 is 0 Å². The number of aromatic nitrogens is 1. The monoisotopic (exact) mass is 313 g/mol. The fourth-order valence-electron chi connectivity index (χ4n) is 2.15. The van der Waals surface area contributed by atoms with Gasteiger partial charge in [0, 0.05) is 36.2 Å². The summed E-state index contributed by atoms with van der Waals surface area (Å²) in [7, 11) is 0. The highest BCUT2D eigenvalue weighted by molar-refractivity contribution is 8.00. The molecule has 2 heterocycles. The van der Waals surface area contributed by atoms with Crippen LogP contribution in [0, 0.1) is 0 Å². The minimum Gasteiger partial charge on any atom is -0.355 e. The Balaban J connectivity index is 2.11. The van der Waals surface area contributed by atoms with Crippen LogP contribution in [0.15, 0.2) is 12.1 Å². The first kappa shape index (κ1) is 15.9. The Hall–Kier alpha value is -0.450. The molecule has 3 nitrogen and oxygen atoms in total. The minimum absolute atomic E-state index is 0.0668. The maximum absolute atomic E-state index is 6.27. The van der Waals surface area contributed by atoms with E-state index in [0.717, 1.165) is 29.6 Å². The maximum atomic E-state index is 6.27. The van der Waals surface area contributed by atoms with Crippen LogP contribution in [0.2, 0.25) is 5.02 Å². The molecule has 1 aromatic rings. The number of nitrogens with zero attached hydrogens (tertiary/aromatic N) is 2. The Morgan fingerprint density at radius 3 is 2.85 bits per heavy atom. The van der Waals surface area contributed by atoms with Crippen molar-refractivity contribution < 1.29 is 0 Å². The van der Waals surface area contributed by atoms with E-state index < -0.39 is 0 Å². The van der Waals surface area contributed by atoms with Gasteiger partial charge in [-0.2, -0.15) is 11.8 Å². The Morgan fingerprint density at radius 1 is 1.45 bits per heavy atom. The fraction of sp³-hybridized carbons (Fsp3) is 0.667. The Bertz CT molecular complexity index is 459. The van der Waals surface area contributed by atoms with Crippen molar-refractivity contribution in [2.45, 2.75) is 45.0 Å². The molecule has 1 N–H and O–H groups in total. The van der Waals surface area contributed by atoms with Crippen molar-refractivity contribution in [3.63, 3.8) is 0 Å². The molecule has 0 saturated carbocycles. The van der Waals surface area contributed by atoms with E-state index in [-0.39, 0.29) is 5.54 Å². The number of thioether (sulfide) groups is 1. The lowest BCUT2D eigenvalue weighted by atomic mass is 10.1. The van der Waals surface area contributed by atoms with Gasteiger partial charge in [0.25, 0.3) is 0 Å². The van der Waals surface area contributed by atoms with Crippen LogP contribution in [0.1, 0.15) is 33.4 Å². The summed E-state index contributed by atoms with van der Waals surface area (Å²) in [4.78, 5) is 7.11. The van der Waals surface area contributed by atoms with E-state index in [9.17, 15) is 0 Å². The maximum Gasteiger partial charge on any atom is 0.129 e. The molecular formula is C15H24ClN3S. The molecule has 1 aliphatic rings. The molecule has 0 aromatic carbocycles. The van der Waals surface area contributed by atoms with E-state index in [1.54, 1.807) is 0 Å². The highest BCUT2D eigenvalue weighted by Gasteiger charge is 2.19. The molecule has 112 valence electrons. The van der Waals surface area contributed by atoms with E-state index in [1.165, 1.54) is 5.75 Å². The highest BCUT2D eigenvalue weighted by atomic mass is 35.5. The van der Waals surface area contributed by atoms with Crippen LogP contribution in [-0.2, 0) is 6.54 Å². The lowest BCUT2D eigenvalue weighted by Crippen LogP contribution is -2.38. The van der Waals surface area contributed by atoms with E-state index in [0.29, 0.717) is 11.8 Å². The molecule has 5 heteroatoms. The number of pyridine rings is 1. The predicted molar refractivity (Wildman–Crippen MR) is 90.0 cm³/mol. The van der Waals surface area contributed by atoms with Crippen molar-refractivity contribution in [2.75, 3.05) is 23.7 Å². The van der Waals surface area contributed by atoms with Gasteiger partial charge in [-0.25, -0.2) is 4.98 Å². The quantitative estimate of drug-likeness (QED) is 0.923. The van der Waals surface area contributed by atoms with Crippen LogP contribution in [0.3, 0.4) is 0 Å². The molecule has 0 spiro atoms. The summed E-state index contributed by atoms with van der Waals surface area (Å²) < 4.78 is 0. The van der Waals surface area contributed by atoms with Crippen LogP contribution < -0.4 is 10.2 Å². The Morgan fingerprint density at radius 2 is 2.20 bits per heavy atom. The number of anilines is 1. The third-order valence-corrected chi connectivity index (χ3v) is 4.74. The van der Waals surface area contributed by atoms with Crippen molar-refractivity contribution in [1.82, 2.24) is 10.3 Å². The van der Waals surface area contributed by atoms with E-state index >= 15 is 0 Å². The summed E-state index contributed by atoms with van der Waals surface area (Å²) >= 11 is 8.30. The van der Waals surface area contributed by atoms with Gasteiger partial charge in [-0.05, 0) is 32.9 Å². The summed E-state index contributed by atoms with van der Waals surface area (Å²) in [5.74, 6) is 2.22. The van der Waals surface area contributed by atoms with Gasteiger partial charge in [0.05, 0.1) is 10.7 Å². The van der Waals surface area contributed by atoms with E-state index in [4.69, 9.17) is 16.6 Å². The molecule has 0 aliphatic carbocycles. The smallest absolute Gasteiger partial charge is 0.129 e. The molecule has 2 rings (SSSR count). The molecule has 1 fully saturated rings. The second kappa shape index (κ2) is 6.54. The van der Waals surface area contributed by atoms with Crippen LogP contribution in [0.25, 0.3) is 0 Å². The number of rotatable bonds is 3. The normalized spacial score (nSPS) is 20.2. The topological polar surface area (TPSA) is 28.2 Å². The average molecular weight is 314 g/mol. The van der Waals surface area contributed by atoms with Gasteiger partial charge in [0.2, 0.25) is 0 Å². The van der Waals surface area contributed by atoms with Gasteiger partial charge < -0.3 is 10.2 Å². The van der Waals surface area contributed by atoms with Crippen molar-refractivity contribution in [1.29, 1.82) is 0 Å². The van der Waals surface area contributed by atoms with Crippen molar-refractivity contribution in [3.8, 4) is 0 Å². The van der Waals surface area contributed by atoms with Gasteiger partial charge in [-0.15, -0.1) is 0 Å². The average Bonchev–Trinajstić information content (AvgIpc) is 2.37. The molecule has 1 unspecified atom stereocenters. The number of halogens is 1. The van der Waals surface area contributed by atoms with Gasteiger partial charge in [0.15, 0.2) is 0 Å². The van der Waals surface area contributed by atoms with Crippen molar-refractivity contribution >= 4 is 29.2 Å². The number of hydrogen-bond acceptors (Lipinski definition) is 4. The largest absolute Gasteiger partial charge is 0.355 e. The third-order valence-electron chi connectivity index (χ3n) is 3.26. The standard InChI is InChI=1S/C15H24ClN3S/c1-11-10-19(7-8-20-11)14-6-5-12(16)13(18-14)9-17-15(2,3)4/h5-6,11,17H,7-10H2,1-4H3. The van der Waals surface area contributed by atoms with E-state index in [2.05, 4.69) is 37.9 Å². The minimum atomic E-state index is 0.0668. The van der Waals surface area contributed by atoms with Gasteiger partial charge in [-0.1, -0.05) is 18.5 Å². The number of hydrogen-bond donors (Lipinski definition) is 1. The zero-order chi connectivity index (χ0) is 14.8. The molecule has 0 bridgehead atoms. The van der Waals surface area contributed by atoms with Crippen molar-refractivity contribution in [2.24, 2.45) is 0 Å². The van der Waals surface area contributed by atoms with Crippen LogP contribution in [0.5, 0.6) is 0 Å². The second-order valence-electron chi connectivity index (χ2n) is 6.33. The molecule has 1 atom stereocenters. The first-order valence-corrected chi connectivity index (χ1v) is 8.55. The lowest BCUT2D eigenvalue weighted by Gasteiger charge is -2.32. The molecule has 1 aromatic heterocycles. The second-order valence-corrected chi connectivity index (χ2v) is 8.28. The molecular weight excluding hydrogens is 290 g/mol. The van der Waals surface area contributed by atoms with Crippen LogP contribution in [-0.4, -0.2) is 34.6 Å². The molecule has 0 radical (unpaired) electrons. The Kier molecular flexibility index (Phi) is 5.21. The van der Waals surface area contributed by atoms with Gasteiger partial charge in [0.1, 0.15) is 5.82 Å². The summed E-state index contributed by atoms with van der Waals surface area (Å²) in [6.45, 7) is 11.5.